The highest BCUT2D eigenvalue weighted by Crippen LogP contribution is 2.31. The van der Waals surface area contributed by atoms with Crippen LogP contribution in [0, 0.1) is 26.7 Å². The third-order valence-corrected chi connectivity index (χ3v) is 5.97. The molecule has 3 N–H and O–H groups in total. The van der Waals surface area contributed by atoms with Gasteiger partial charge >= 0.3 is 11.6 Å². The minimum Gasteiger partial charge on any atom is -0.480 e. The van der Waals surface area contributed by atoms with Gasteiger partial charge in [-0.25, -0.2) is 9.59 Å². The van der Waals surface area contributed by atoms with Gasteiger partial charge in [-0.1, -0.05) is 13.8 Å². The number of carbonyl (C=O) groups excluding carboxylic acids is 2. The summed E-state index contributed by atoms with van der Waals surface area (Å²) < 4.78 is 11.2. The Morgan fingerprint density at radius 1 is 0.971 bits per heavy atom. The summed E-state index contributed by atoms with van der Waals surface area (Å²) in [6.45, 7) is 9.02. The number of carbonyl (C=O) groups is 3. The number of amides is 2. The number of aliphatic carboxylic acids is 1. The Kier molecular flexibility index (Phi) is 7.44. The van der Waals surface area contributed by atoms with Crippen LogP contribution in [0.15, 0.2) is 25.8 Å². The van der Waals surface area contributed by atoms with E-state index in [0.29, 0.717) is 16.7 Å². The number of fused-ring (bicyclic) bond motifs is 2. The maximum absolute atomic E-state index is 12.6. The maximum atomic E-state index is 12.6. The van der Waals surface area contributed by atoms with Gasteiger partial charge in [0.15, 0.2) is 0 Å². The van der Waals surface area contributed by atoms with Crippen molar-refractivity contribution >= 4 is 39.7 Å². The monoisotopic (exact) mass is 470 g/mol. The van der Waals surface area contributed by atoms with E-state index in [-0.39, 0.29) is 31.7 Å². The van der Waals surface area contributed by atoms with Crippen molar-refractivity contribution in [2.75, 3.05) is 6.54 Å². The topological polar surface area (TPSA) is 139 Å². The van der Waals surface area contributed by atoms with Crippen LogP contribution in [0.3, 0.4) is 0 Å². The highest BCUT2D eigenvalue weighted by Gasteiger charge is 2.21. The summed E-state index contributed by atoms with van der Waals surface area (Å²) in [5.41, 5.74) is 2.69. The Morgan fingerprint density at radius 3 is 2.26 bits per heavy atom. The summed E-state index contributed by atoms with van der Waals surface area (Å²) in [7, 11) is 0. The second-order valence-electron chi connectivity index (χ2n) is 8.99. The second-order valence-corrected chi connectivity index (χ2v) is 8.99. The number of furan rings is 1. The molecule has 0 unspecified atom stereocenters. The van der Waals surface area contributed by atoms with E-state index in [4.69, 9.17) is 8.83 Å². The van der Waals surface area contributed by atoms with E-state index >= 15 is 0 Å². The first-order valence-corrected chi connectivity index (χ1v) is 11.2. The summed E-state index contributed by atoms with van der Waals surface area (Å²) in [5, 5.41) is 15.8. The Morgan fingerprint density at radius 2 is 1.62 bits per heavy atom. The molecule has 3 aromatic rings. The lowest BCUT2D eigenvalue weighted by Crippen LogP contribution is -2.46. The molecule has 1 atom stereocenters. The molecule has 0 saturated carbocycles. The molecule has 0 spiro atoms. The molecule has 1 aromatic carbocycles. The normalized spacial score (nSPS) is 12.3. The zero-order valence-electron chi connectivity index (χ0n) is 20.0. The van der Waals surface area contributed by atoms with E-state index in [9.17, 15) is 24.3 Å². The van der Waals surface area contributed by atoms with Gasteiger partial charge in [0.2, 0.25) is 11.8 Å². The molecular formula is C25H30N2O7. The van der Waals surface area contributed by atoms with Gasteiger partial charge in [0.05, 0.1) is 6.54 Å². The Labute approximate surface area is 196 Å². The number of carboxylic acid groups (broad SMARTS) is 1. The molecule has 3 rings (SSSR count). The predicted molar refractivity (Wildman–Crippen MR) is 127 cm³/mol. The van der Waals surface area contributed by atoms with Gasteiger partial charge < -0.3 is 24.6 Å². The van der Waals surface area contributed by atoms with E-state index in [1.54, 1.807) is 6.07 Å². The summed E-state index contributed by atoms with van der Waals surface area (Å²) >= 11 is 0. The van der Waals surface area contributed by atoms with Crippen LogP contribution in [0.4, 0.5) is 0 Å². The van der Waals surface area contributed by atoms with Crippen LogP contribution >= 0.6 is 0 Å². The molecule has 2 heterocycles. The molecule has 2 aromatic heterocycles. The smallest absolute Gasteiger partial charge is 0.339 e. The average Bonchev–Trinajstić information content (AvgIpc) is 3.02. The van der Waals surface area contributed by atoms with Crippen LogP contribution in [-0.4, -0.2) is 35.5 Å². The number of hydrogen-bond donors (Lipinski definition) is 3. The van der Waals surface area contributed by atoms with Crippen LogP contribution in [0.1, 0.15) is 49.1 Å². The van der Waals surface area contributed by atoms with Gasteiger partial charge in [0, 0.05) is 28.8 Å². The molecule has 0 aliphatic heterocycles. The lowest BCUT2D eigenvalue weighted by atomic mass is 10.0. The van der Waals surface area contributed by atoms with Crippen molar-refractivity contribution < 1.29 is 28.3 Å². The van der Waals surface area contributed by atoms with Crippen molar-refractivity contribution in [3.63, 3.8) is 0 Å². The summed E-state index contributed by atoms with van der Waals surface area (Å²) in [4.78, 5) is 48.2. The van der Waals surface area contributed by atoms with E-state index in [2.05, 4.69) is 10.6 Å². The van der Waals surface area contributed by atoms with Crippen LogP contribution in [0.5, 0.6) is 0 Å². The van der Waals surface area contributed by atoms with E-state index < -0.39 is 29.5 Å². The number of rotatable bonds is 9. The molecule has 0 saturated heterocycles. The maximum Gasteiger partial charge on any atom is 0.339 e. The van der Waals surface area contributed by atoms with Crippen molar-refractivity contribution in [1.82, 2.24) is 10.6 Å². The highest BCUT2D eigenvalue weighted by atomic mass is 16.4. The Balaban J connectivity index is 1.66. The van der Waals surface area contributed by atoms with Crippen molar-refractivity contribution in [2.24, 2.45) is 5.92 Å². The van der Waals surface area contributed by atoms with Crippen LogP contribution in [0.2, 0.25) is 0 Å². The number of hydrogen-bond acceptors (Lipinski definition) is 6. The standard InChI is InChI=1S/C25H30N2O7/c1-12(2)8-19(24(30)31)27-23(29)11-26-22(28)7-6-16-14(4)18-9-17-13(3)15(5)33-20(17)10-21(18)34-25(16)32/h9-10,12,19H,6-8,11H2,1-5H3,(H,26,28)(H,27,29)(H,30,31)/t19-/m1/s1. The van der Waals surface area contributed by atoms with Crippen molar-refractivity contribution in [3.8, 4) is 0 Å². The van der Waals surface area contributed by atoms with E-state index in [1.807, 2.05) is 40.7 Å². The van der Waals surface area contributed by atoms with Gasteiger partial charge in [-0.2, -0.15) is 0 Å². The summed E-state index contributed by atoms with van der Waals surface area (Å²) in [5.74, 6) is -1.25. The fourth-order valence-corrected chi connectivity index (χ4v) is 3.96. The molecule has 2 amide bonds. The first kappa shape index (κ1) is 25.0. The molecule has 9 heteroatoms. The summed E-state index contributed by atoms with van der Waals surface area (Å²) in [6, 6.07) is 2.62. The van der Waals surface area contributed by atoms with Gasteiger partial charge in [0.25, 0.3) is 0 Å². The number of nitrogens with one attached hydrogen (secondary N) is 2. The van der Waals surface area contributed by atoms with Gasteiger partial charge in [-0.15, -0.1) is 0 Å². The minimum atomic E-state index is -1.12. The largest absolute Gasteiger partial charge is 0.480 e. The molecule has 34 heavy (non-hydrogen) atoms. The quantitative estimate of drug-likeness (QED) is 0.408. The number of carboxylic acids is 1. The van der Waals surface area contributed by atoms with Crippen LogP contribution in [0.25, 0.3) is 21.9 Å². The molecule has 0 aliphatic rings. The van der Waals surface area contributed by atoms with Crippen LogP contribution in [-0.2, 0) is 20.8 Å². The zero-order valence-corrected chi connectivity index (χ0v) is 20.0. The van der Waals surface area contributed by atoms with Crippen molar-refractivity contribution in [3.05, 3.63) is 45.0 Å². The molecule has 0 fully saturated rings. The summed E-state index contributed by atoms with van der Waals surface area (Å²) in [6.07, 6.45) is 0.408. The fraction of sp³-hybridized carbons (Fsp3) is 0.440. The SMILES string of the molecule is Cc1oc2cc3oc(=O)c(CCC(=O)NCC(=O)N[C@H](CC(C)C)C(=O)O)c(C)c3cc2c1C. The minimum absolute atomic E-state index is 0.0230. The lowest BCUT2D eigenvalue weighted by molar-refractivity contribution is -0.142. The molecule has 0 bridgehead atoms. The molecular weight excluding hydrogens is 440 g/mol. The Bertz CT molecular complexity index is 1320. The second kappa shape index (κ2) is 10.1. The molecule has 0 aliphatic carbocycles. The van der Waals surface area contributed by atoms with Gasteiger partial charge in [-0.05, 0) is 56.7 Å². The van der Waals surface area contributed by atoms with Crippen molar-refractivity contribution in [2.45, 2.75) is 59.9 Å². The average molecular weight is 471 g/mol. The van der Waals surface area contributed by atoms with Gasteiger partial charge in [-0.3, -0.25) is 9.59 Å². The van der Waals surface area contributed by atoms with Crippen LogP contribution < -0.4 is 16.3 Å². The first-order valence-electron chi connectivity index (χ1n) is 11.2. The number of benzene rings is 1. The molecule has 182 valence electrons. The zero-order chi connectivity index (χ0) is 25.2. The van der Waals surface area contributed by atoms with E-state index in [0.717, 1.165) is 27.7 Å². The third-order valence-electron chi connectivity index (χ3n) is 5.97. The lowest BCUT2D eigenvalue weighted by Gasteiger charge is -2.16. The predicted octanol–water partition coefficient (Wildman–Crippen LogP) is 3.13. The van der Waals surface area contributed by atoms with Crippen molar-refractivity contribution in [1.29, 1.82) is 0 Å². The highest BCUT2D eigenvalue weighted by molar-refractivity contribution is 5.97. The third kappa shape index (κ3) is 5.47. The fourth-order valence-electron chi connectivity index (χ4n) is 3.96. The first-order chi connectivity index (χ1) is 16.0. The molecule has 0 radical (unpaired) electrons. The van der Waals surface area contributed by atoms with E-state index in [1.165, 1.54) is 0 Å². The number of aryl methyl sites for hydroxylation is 3. The Hall–Kier alpha value is -3.62. The van der Waals surface area contributed by atoms with Gasteiger partial charge in [0.1, 0.15) is 23.0 Å². The molecule has 9 nitrogen and oxygen atoms in total.